The van der Waals surface area contributed by atoms with Gasteiger partial charge in [0.2, 0.25) is 0 Å². The largest absolute Gasteiger partial charge is 0.373 e. The Kier molecular flexibility index (Phi) is 9.92. The molecule has 0 aromatic carbocycles. The molecular formula is C17H30O. The second kappa shape index (κ2) is 11.5. The highest BCUT2D eigenvalue weighted by Crippen LogP contribution is 2.15. The first-order chi connectivity index (χ1) is 8.93. The number of unbranched alkanes of at least 4 members (excludes halogenated alkanes) is 6. The minimum absolute atomic E-state index is 0.581. The summed E-state index contributed by atoms with van der Waals surface area (Å²) in [5, 5.41) is 0. The molecule has 1 heterocycles. The molecule has 1 saturated heterocycles. The van der Waals surface area contributed by atoms with Crippen molar-refractivity contribution < 1.29 is 4.74 Å². The van der Waals surface area contributed by atoms with E-state index in [-0.39, 0.29) is 0 Å². The first kappa shape index (κ1) is 15.5. The maximum atomic E-state index is 5.17. The van der Waals surface area contributed by atoms with Crippen LogP contribution in [-0.2, 0) is 4.74 Å². The van der Waals surface area contributed by atoms with Crippen molar-refractivity contribution in [3.63, 3.8) is 0 Å². The maximum absolute atomic E-state index is 5.17. The average Bonchev–Trinajstić information content (AvgIpc) is 3.19. The van der Waals surface area contributed by atoms with E-state index in [0.29, 0.717) is 6.10 Å². The number of rotatable bonds is 12. The van der Waals surface area contributed by atoms with Crippen LogP contribution >= 0.6 is 0 Å². The summed E-state index contributed by atoms with van der Waals surface area (Å²) in [7, 11) is 0. The van der Waals surface area contributed by atoms with Gasteiger partial charge in [-0.05, 0) is 32.1 Å². The Morgan fingerprint density at radius 3 is 2.28 bits per heavy atom. The van der Waals surface area contributed by atoms with E-state index in [0.717, 1.165) is 13.0 Å². The van der Waals surface area contributed by atoms with Crippen LogP contribution in [0.5, 0.6) is 0 Å². The molecule has 1 nitrogen and oxygen atoms in total. The van der Waals surface area contributed by atoms with Crippen molar-refractivity contribution in [3.05, 3.63) is 24.3 Å². The summed E-state index contributed by atoms with van der Waals surface area (Å²) >= 11 is 0. The van der Waals surface area contributed by atoms with E-state index in [1.54, 1.807) is 0 Å². The van der Waals surface area contributed by atoms with Gasteiger partial charge in [0, 0.05) is 0 Å². The molecule has 0 N–H and O–H groups in total. The fraction of sp³-hybridized carbons (Fsp3) is 0.765. The van der Waals surface area contributed by atoms with Gasteiger partial charge in [0.15, 0.2) is 0 Å². The fourth-order valence-electron chi connectivity index (χ4n) is 2.07. The molecule has 0 saturated carbocycles. The van der Waals surface area contributed by atoms with Crippen LogP contribution in [-0.4, -0.2) is 12.7 Å². The van der Waals surface area contributed by atoms with Crippen molar-refractivity contribution in [2.75, 3.05) is 6.61 Å². The van der Waals surface area contributed by atoms with Crippen molar-refractivity contribution in [1.82, 2.24) is 0 Å². The van der Waals surface area contributed by atoms with Gasteiger partial charge in [0.1, 0.15) is 0 Å². The minimum atomic E-state index is 0.581. The molecule has 1 fully saturated rings. The van der Waals surface area contributed by atoms with E-state index >= 15 is 0 Å². The van der Waals surface area contributed by atoms with Gasteiger partial charge in [-0.2, -0.15) is 0 Å². The topological polar surface area (TPSA) is 12.5 Å². The normalized spacial score (nSPS) is 19.1. The number of allylic oxidation sites excluding steroid dienone is 4. The van der Waals surface area contributed by atoms with Gasteiger partial charge in [-0.15, -0.1) is 0 Å². The molecule has 104 valence electrons. The molecule has 18 heavy (non-hydrogen) atoms. The fourth-order valence-corrected chi connectivity index (χ4v) is 2.07. The molecule has 0 radical (unpaired) electrons. The van der Waals surface area contributed by atoms with Crippen molar-refractivity contribution in [3.8, 4) is 0 Å². The summed E-state index contributed by atoms with van der Waals surface area (Å²) in [5.41, 5.74) is 0. The molecule has 1 heteroatoms. The average molecular weight is 250 g/mol. The zero-order valence-electron chi connectivity index (χ0n) is 12.1. The van der Waals surface area contributed by atoms with Crippen LogP contribution in [0, 0.1) is 0 Å². The summed E-state index contributed by atoms with van der Waals surface area (Å²) in [6.45, 7) is 3.26. The third-order valence-corrected chi connectivity index (χ3v) is 3.39. The molecule has 1 aliphatic rings. The lowest BCUT2D eigenvalue weighted by atomic mass is 10.1. The van der Waals surface area contributed by atoms with E-state index in [1.807, 2.05) is 0 Å². The summed E-state index contributed by atoms with van der Waals surface area (Å²) in [6, 6.07) is 0. The highest BCUT2D eigenvalue weighted by Gasteiger charge is 2.20. The second-order valence-corrected chi connectivity index (χ2v) is 5.27. The summed E-state index contributed by atoms with van der Waals surface area (Å²) in [6.07, 6.45) is 22.9. The first-order valence-corrected chi connectivity index (χ1v) is 7.85. The minimum Gasteiger partial charge on any atom is -0.373 e. The van der Waals surface area contributed by atoms with E-state index in [4.69, 9.17) is 4.74 Å². The lowest BCUT2D eigenvalue weighted by molar-refractivity contribution is 0.398. The van der Waals surface area contributed by atoms with Crippen LogP contribution in [0.1, 0.15) is 71.1 Å². The number of hydrogen-bond donors (Lipinski definition) is 0. The van der Waals surface area contributed by atoms with Crippen molar-refractivity contribution in [2.24, 2.45) is 0 Å². The molecule has 1 atom stereocenters. The Morgan fingerprint density at radius 2 is 1.56 bits per heavy atom. The predicted molar refractivity (Wildman–Crippen MR) is 79.9 cm³/mol. The predicted octanol–water partition coefficient (Wildman–Crippen LogP) is 5.42. The van der Waals surface area contributed by atoms with Gasteiger partial charge in [0.25, 0.3) is 0 Å². The maximum Gasteiger partial charge on any atom is 0.0812 e. The first-order valence-electron chi connectivity index (χ1n) is 7.85. The Morgan fingerprint density at radius 1 is 0.889 bits per heavy atom. The van der Waals surface area contributed by atoms with Gasteiger partial charge in [-0.25, -0.2) is 0 Å². The monoisotopic (exact) mass is 250 g/mol. The van der Waals surface area contributed by atoms with Gasteiger partial charge in [0.05, 0.1) is 12.7 Å². The zero-order chi connectivity index (χ0) is 12.9. The highest BCUT2D eigenvalue weighted by atomic mass is 16.6. The number of ether oxygens (including phenoxy) is 1. The second-order valence-electron chi connectivity index (χ2n) is 5.27. The SMILES string of the molecule is CCCCCCCC/C=C\C/C=C\CCC1CO1. The Bertz CT molecular complexity index is 226. The summed E-state index contributed by atoms with van der Waals surface area (Å²) in [4.78, 5) is 0. The highest BCUT2D eigenvalue weighted by molar-refractivity contribution is 4.93. The van der Waals surface area contributed by atoms with Gasteiger partial charge >= 0.3 is 0 Å². The van der Waals surface area contributed by atoms with E-state index in [2.05, 4.69) is 31.2 Å². The Labute approximate surface area is 113 Å². The number of epoxide rings is 1. The van der Waals surface area contributed by atoms with Crippen LogP contribution in [0.2, 0.25) is 0 Å². The lowest BCUT2D eigenvalue weighted by Gasteiger charge is -1.97. The standard InChI is InChI=1S/C17H30O/c1-2-3-4-5-6-7-8-9-10-11-12-13-14-15-17-16-18-17/h9-10,12-13,17H,2-8,11,14-16H2,1H3/b10-9-,13-12-. The molecule has 1 rings (SSSR count). The molecular weight excluding hydrogens is 220 g/mol. The van der Waals surface area contributed by atoms with Gasteiger partial charge < -0.3 is 4.74 Å². The third-order valence-electron chi connectivity index (χ3n) is 3.39. The third kappa shape index (κ3) is 10.6. The molecule has 0 aromatic rings. The van der Waals surface area contributed by atoms with E-state index in [1.165, 1.54) is 57.8 Å². The molecule has 0 amide bonds. The number of hydrogen-bond acceptors (Lipinski definition) is 1. The van der Waals surface area contributed by atoms with Crippen LogP contribution in [0.25, 0.3) is 0 Å². The van der Waals surface area contributed by atoms with Crippen LogP contribution in [0.3, 0.4) is 0 Å². The molecule has 0 aromatic heterocycles. The molecule has 0 spiro atoms. The van der Waals surface area contributed by atoms with Crippen LogP contribution in [0.15, 0.2) is 24.3 Å². The van der Waals surface area contributed by atoms with Gasteiger partial charge in [-0.1, -0.05) is 63.3 Å². The molecule has 1 unspecified atom stereocenters. The lowest BCUT2D eigenvalue weighted by Crippen LogP contribution is -1.80. The van der Waals surface area contributed by atoms with Crippen molar-refractivity contribution in [2.45, 2.75) is 77.2 Å². The van der Waals surface area contributed by atoms with Gasteiger partial charge in [-0.3, -0.25) is 0 Å². The summed E-state index contributed by atoms with van der Waals surface area (Å²) < 4.78 is 5.17. The molecule has 1 aliphatic heterocycles. The smallest absolute Gasteiger partial charge is 0.0812 e. The zero-order valence-corrected chi connectivity index (χ0v) is 12.1. The van der Waals surface area contributed by atoms with Crippen molar-refractivity contribution >= 4 is 0 Å². The molecule has 0 aliphatic carbocycles. The van der Waals surface area contributed by atoms with Crippen molar-refractivity contribution in [1.29, 1.82) is 0 Å². The van der Waals surface area contributed by atoms with E-state index in [9.17, 15) is 0 Å². The quantitative estimate of drug-likeness (QED) is 0.256. The Hall–Kier alpha value is -0.560. The van der Waals surface area contributed by atoms with E-state index < -0.39 is 0 Å². The molecule has 0 bridgehead atoms. The van der Waals surface area contributed by atoms with Crippen LogP contribution < -0.4 is 0 Å². The van der Waals surface area contributed by atoms with Crippen LogP contribution in [0.4, 0.5) is 0 Å². The summed E-state index contributed by atoms with van der Waals surface area (Å²) in [5.74, 6) is 0. The Balaban J connectivity index is 1.75.